The Morgan fingerprint density at radius 3 is 2.32 bits per heavy atom. The van der Waals surface area contributed by atoms with E-state index in [0.717, 1.165) is 77.3 Å². The lowest BCUT2D eigenvalue weighted by Crippen LogP contribution is -2.40. The first-order chi connectivity index (χ1) is 13.4. The summed E-state index contributed by atoms with van der Waals surface area (Å²) in [5.41, 5.74) is -0.530. The van der Waals surface area contributed by atoms with Gasteiger partial charge in [-0.2, -0.15) is 13.2 Å². The summed E-state index contributed by atoms with van der Waals surface area (Å²) in [5, 5.41) is 0. The van der Waals surface area contributed by atoms with E-state index in [9.17, 15) is 17.6 Å². The average molecular weight is 401 g/mol. The molecule has 3 rings (SSSR count). The monoisotopic (exact) mass is 401 g/mol. The fourth-order valence-corrected chi connectivity index (χ4v) is 4.89. The molecule has 1 aliphatic carbocycles. The van der Waals surface area contributed by atoms with Crippen molar-refractivity contribution < 1.29 is 22.3 Å². The molecule has 0 aromatic heterocycles. The summed E-state index contributed by atoms with van der Waals surface area (Å²) >= 11 is 0. The van der Waals surface area contributed by atoms with Crippen molar-refractivity contribution in [2.24, 2.45) is 5.92 Å². The molecule has 1 saturated heterocycles. The summed E-state index contributed by atoms with van der Waals surface area (Å²) in [6.45, 7) is 5.96. The van der Waals surface area contributed by atoms with Crippen molar-refractivity contribution >= 4 is 0 Å². The molecule has 2 fully saturated rings. The second-order valence-corrected chi connectivity index (χ2v) is 8.21. The lowest BCUT2D eigenvalue weighted by atomic mass is 9.76. The zero-order valence-electron chi connectivity index (χ0n) is 16.6. The van der Waals surface area contributed by atoms with E-state index in [1.807, 2.05) is 0 Å². The molecule has 2 nitrogen and oxygen atoms in total. The molecule has 1 saturated carbocycles. The SMILES string of the molecule is CCN(CC[C@H]1CC[C@@H](c2ccc(F)cc2C(F)(F)F)CC1)C1CCOCC1. The molecule has 0 bridgehead atoms. The van der Waals surface area contributed by atoms with E-state index < -0.39 is 17.6 Å². The van der Waals surface area contributed by atoms with Gasteiger partial charge >= 0.3 is 6.18 Å². The average Bonchev–Trinajstić information content (AvgIpc) is 2.69. The maximum Gasteiger partial charge on any atom is 0.416 e. The van der Waals surface area contributed by atoms with Crippen molar-refractivity contribution in [3.05, 3.63) is 35.1 Å². The van der Waals surface area contributed by atoms with Crippen LogP contribution in [0.3, 0.4) is 0 Å². The fraction of sp³-hybridized carbons (Fsp3) is 0.727. The molecule has 0 spiro atoms. The first kappa shape index (κ1) is 21.6. The minimum atomic E-state index is -4.50. The van der Waals surface area contributed by atoms with Crippen LogP contribution in [0.5, 0.6) is 0 Å². The first-order valence-corrected chi connectivity index (χ1v) is 10.6. The topological polar surface area (TPSA) is 12.5 Å². The molecule has 6 heteroatoms. The van der Waals surface area contributed by atoms with Crippen LogP contribution in [0.1, 0.15) is 68.9 Å². The predicted molar refractivity (Wildman–Crippen MR) is 102 cm³/mol. The van der Waals surface area contributed by atoms with Crippen LogP contribution in [0, 0.1) is 11.7 Å². The molecule has 1 heterocycles. The van der Waals surface area contributed by atoms with E-state index in [4.69, 9.17) is 4.74 Å². The number of hydrogen-bond acceptors (Lipinski definition) is 2. The minimum absolute atomic E-state index is 0.119. The zero-order valence-corrected chi connectivity index (χ0v) is 16.6. The first-order valence-electron chi connectivity index (χ1n) is 10.6. The molecule has 0 N–H and O–H groups in total. The summed E-state index contributed by atoms with van der Waals surface area (Å²) in [4.78, 5) is 2.54. The molecule has 28 heavy (non-hydrogen) atoms. The van der Waals surface area contributed by atoms with Crippen LogP contribution in [0.4, 0.5) is 17.6 Å². The van der Waals surface area contributed by atoms with Crippen LogP contribution >= 0.6 is 0 Å². The van der Waals surface area contributed by atoms with Gasteiger partial charge in [-0.25, -0.2) is 4.39 Å². The van der Waals surface area contributed by atoms with Crippen molar-refractivity contribution in [1.29, 1.82) is 0 Å². The van der Waals surface area contributed by atoms with Gasteiger partial charge in [0.25, 0.3) is 0 Å². The quantitative estimate of drug-likeness (QED) is 0.541. The number of halogens is 4. The van der Waals surface area contributed by atoms with Gasteiger partial charge in [0.2, 0.25) is 0 Å². The largest absolute Gasteiger partial charge is 0.416 e. The summed E-state index contributed by atoms with van der Waals surface area (Å²) in [6, 6.07) is 3.74. The minimum Gasteiger partial charge on any atom is -0.381 e. The van der Waals surface area contributed by atoms with E-state index in [-0.39, 0.29) is 11.5 Å². The number of nitrogens with zero attached hydrogens (tertiary/aromatic N) is 1. The molecule has 0 unspecified atom stereocenters. The summed E-state index contributed by atoms with van der Waals surface area (Å²) in [7, 11) is 0. The Hall–Kier alpha value is -1.14. The lowest BCUT2D eigenvalue weighted by molar-refractivity contribution is -0.138. The Bertz CT molecular complexity index is 619. The molecular formula is C22H31F4NO. The van der Waals surface area contributed by atoms with Crippen molar-refractivity contribution in [2.75, 3.05) is 26.3 Å². The maximum atomic E-state index is 13.4. The number of hydrogen-bond donors (Lipinski definition) is 0. The second kappa shape index (κ2) is 9.57. The Labute approximate surface area is 165 Å². The molecule has 0 amide bonds. The zero-order chi connectivity index (χ0) is 20.1. The number of alkyl halides is 3. The second-order valence-electron chi connectivity index (χ2n) is 8.21. The van der Waals surface area contributed by atoms with Gasteiger partial charge < -0.3 is 9.64 Å². The molecule has 1 aliphatic heterocycles. The normalized spacial score (nSPS) is 24.6. The fourth-order valence-electron chi connectivity index (χ4n) is 4.89. The molecule has 1 aromatic carbocycles. The van der Waals surface area contributed by atoms with Crippen LogP contribution in [0.25, 0.3) is 0 Å². The highest BCUT2D eigenvalue weighted by atomic mass is 19.4. The van der Waals surface area contributed by atoms with Gasteiger partial charge in [0.1, 0.15) is 5.82 Å². The maximum absolute atomic E-state index is 13.4. The number of rotatable bonds is 6. The molecular weight excluding hydrogens is 370 g/mol. The standard InChI is InChI=1S/C22H31F4NO/c1-2-27(19-10-13-28-14-11-19)12-9-16-3-5-17(6-4-16)20-8-7-18(23)15-21(20)22(24,25)26/h7-8,15-17,19H,2-6,9-14H2,1H3/t16-,17+. The van der Waals surface area contributed by atoms with Crippen molar-refractivity contribution in [3.8, 4) is 0 Å². The molecule has 158 valence electrons. The highest BCUT2D eigenvalue weighted by molar-refractivity contribution is 5.33. The van der Waals surface area contributed by atoms with Gasteiger partial charge in [0.05, 0.1) is 5.56 Å². The van der Waals surface area contributed by atoms with Crippen molar-refractivity contribution in [2.45, 2.75) is 70.0 Å². The number of ether oxygens (including phenoxy) is 1. The third kappa shape index (κ3) is 5.47. The number of benzene rings is 1. The van der Waals surface area contributed by atoms with Gasteiger partial charge in [0.15, 0.2) is 0 Å². The smallest absolute Gasteiger partial charge is 0.381 e. The van der Waals surface area contributed by atoms with Crippen LogP contribution in [0.2, 0.25) is 0 Å². The Kier molecular flexibility index (Phi) is 7.37. The van der Waals surface area contributed by atoms with E-state index in [2.05, 4.69) is 11.8 Å². The highest BCUT2D eigenvalue weighted by Crippen LogP contribution is 2.42. The van der Waals surface area contributed by atoms with Crippen LogP contribution in [-0.4, -0.2) is 37.2 Å². The van der Waals surface area contributed by atoms with Gasteiger partial charge in [-0.3, -0.25) is 0 Å². The van der Waals surface area contributed by atoms with Crippen molar-refractivity contribution in [1.82, 2.24) is 4.90 Å². The Morgan fingerprint density at radius 2 is 1.71 bits per heavy atom. The molecule has 2 aliphatic rings. The van der Waals surface area contributed by atoms with Crippen LogP contribution < -0.4 is 0 Å². The van der Waals surface area contributed by atoms with E-state index >= 15 is 0 Å². The van der Waals surface area contributed by atoms with Gasteiger partial charge in [0, 0.05) is 19.3 Å². The molecule has 0 radical (unpaired) electrons. The molecule has 1 aromatic rings. The van der Waals surface area contributed by atoms with Gasteiger partial charge in [-0.15, -0.1) is 0 Å². The van der Waals surface area contributed by atoms with Crippen LogP contribution in [0.15, 0.2) is 18.2 Å². The predicted octanol–water partition coefficient (Wildman–Crippen LogP) is 6.01. The van der Waals surface area contributed by atoms with Crippen molar-refractivity contribution in [3.63, 3.8) is 0 Å². The molecule has 0 atom stereocenters. The summed E-state index contributed by atoms with van der Waals surface area (Å²) in [6.07, 6.45) is 2.19. The van der Waals surface area contributed by atoms with Gasteiger partial charge in [-0.05, 0) is 87.6 Å². The van der Waals surface area contributed by atoms with E-state index in [1.165, 1.54) is 6.07 Å². The van der Waals surface area contributed by atoms with Crippen LogP contribution in [-0.2, 0) is 10.9 Å². The summed E-state index contributed by atoms with van der Waals surface area (Å²) < 4.78 is 58.7. The highest BCUT2D eigenvalue weighted by Gasteiger charge is 2.36. The van der Waals surface area contributed by atoms with E-state index in [0.29, 0.717) is 18.0 Å². The third-order valence-electron chi connectivity index (χ3n) is 6.55. The third-order valence-corrected chi connectivity index (χ3v) is 6.55. The van der Waals surface area contributed by atoms with Gasteiger partial charge in [-0.1, -0.05) is 13.0 Å². The Morgan fingerprint density at radius 1 is 1.04 bits per heavy atom. The van der Waals surface area contributed by atoms with E-state index in [1.54, 1.807) is 0 Å². The lowest BCUT2D eigenvalue weighted by Gasteiger charge is -2.36. The summed E-state index contributed by atoms with van der Waals surface area (Å²) in [5.74, 6) is -0.372. The Balaban J connectivity index is 1.53.